The van der Waals surface area contributed by atoms with Crippen LogP contribution in [0.15, 0.2) is 40.2 Å². The molecule has 2 aromatic heterocycles. The molecular formula is C31H45N7O5S. The molecule has 3 aromatic rings. The van der Waals surface area contributed by atoms with Gasteiger partial charge in [-0.3, -0.25) is 18.6 Å². The molecule has 0 radical (unpaired) electrons. The molecule has 12 nitrogen and oxygen atoms in total. The lowest BCUT2D eigenvalue weighted by molar-refractivity contribution is 0.0101. The summed E-state index contributed by atoms with van der Waals surface area (Å²) in [5.74, 6) is 0.445. The van der Waals surface area contributed by atoms with Crippen LogP contribution in [0.1, 0.15) is 65.4 Å². The van der Waals surface area contributed by atoms with Gasteiger partial charge in [0, 0.05) is 37.6 Å². The van der Waals surface area contributed by atoms with Crippen molar-refractivity contribution in [3.05, 3.63) is 46.4 Å². The second-order valence-corrected chi connectivity index (χ2v) is 15.4. The Morgan fingerprint density at radius 1 is 1.16 bits per heavy atom. The van der Waals surface area contributed by atoms with Crippen LogP contribution >= 0.6 is 10.8 Å². The Kier molecular flexibility index (Phi) is 7.98. The minimum atomic E-state index is -3.06. The predicted octanol–water partition coefficient (Wildman–Crippen LogP) is 5.54. The number of H-pyrrole nitrogens is 1. The average Bonchev–Trinajstić information content (AvgIpc) is 3.47. The number of carbonyl (C=O) groups is 1. The number of ether oxygens (including phenoxy) is 1. The lowest BCUT2D eigenvalue weighted by atomic mass is 9.85. The van der Waals surface area contributed by atoms with Crippen molar-refractivity contribution in [3.8, 4) is 0 Å². The molecule has 0 atom stereocenters. The number of hydrogen-bond donors (Lipinski definition) is 4. The third-order valence-corrected chi connectivity index (χ3v) is 11.5. The molecule has 0 unspecified atom stereocenters. The monoisotopic (exact) mass is 627 g/mol. The lowest BCUT2D eigenvalue weighted by Crippen LogP contribution is -2.49. The fraction of sp³-hybridized carbons (Fsp3) is 0.581. The zero-order chi connectivity index (χ0) is 31.4. The van der Waals surface area contributed by atoms with Gasteiger partial charge < -0.3 is 24.8 Å². The van der Waals surface area contributed by atoms with E-state index in [9.17, 15) is 18.7 Å². The first-order valence-corrected chi connectivity index (χ1v) is 17.0. The topological polar surface area (TPSA) is 139 Å². The number of piperidine rings is 2. The van der Waals surface area contributed by atoms with Gasteiger partial charge in [0.05, 0.1) is 16.0 Å². The highest BCUT2D eigenvalue weighted by Crippen LogP contribution is 2.60. The van der Waals surface area contributed by atoms with Gasteiger partial charge in [0.1, 0.15) is 11.0 Å². The van der Waals surface area contributed by atoms with E-state index in [1.807, 2.05) is 48.0 Å². The molecule has 0 aliphatic carbocycles. The standard InChI is InChI=1S/C31H45N7O5S/c1-6-31(12-17-36(18-13-31)29(40)43-30(2,3)4)38-24-9-14-32-28(39)26(24)27(34-38)33-22-7-8-25-21(19-22)20-37(44(25,41)42)23-10-15-35(5)16-11-23/h7-9,14,19,23,41-42H,6,10-13,15-18,20H2,1-5H3,(H,32,39)(H,33,34). The maximum atomic E-state index is 13.2. The summed E-state index contributed by atoms with van der Waals surface area (Å²) in [7, 11) is -0.968. The van der Waals surface area contributed by atoms with Crippen molar-refractivity contribution >= 4 is 39.3 Å². The van der Waals surface area contributed by atoms with Crippen LogP contribution in [0.3, 0.4) is 0 Å². The molecule has 1 aromatic carbocycles. The molecule has 0 spiro atoms. The second-order valence-electron chi connectivity index (χ2n) is 13.4. The molecule has 6 rings (SSSR count). The lowest BCUT2D eigenvalue weighted by Gasteiger charge is -2.44. The molecule has 240 valence electrons. The van der Waals surface area contributed by atoms with E-state index in [1.54, 1.807) is 17.2 Å². The van der Waals surface area contributed by atoms with Crippen LogP contribution in [0.5, 0.6) is 0 Å². The van der Waals surface area contributed by atoms with E-state index in [0.29, 0.717) is 48.6 Å². The van der Waals surface area contributed by atoms with Gasteiger partial charge in [0.25, 0.3) is 5.56 Å². The van der Waals surface area contributed by atoms with Crippen molar-refractivity contribution in [2.45, 2.75) is 88.4 Å². The minimum Gasteiger partial charge on any atom is -0.444 e. The van der Waals surface area contributed by atoms with Gasteiger partial charge in [-0.2, -0.15) is 9.40 Å². The molecule has 2 fully saturated rings. The molecule has 1 amide bonds. The summed E-state index contributed by atoms with van der Waals surface area (Å²) < 4.78 is 31.9. The average molecular weight is 628 g/mol. The summed E-state index contributed by atoms with van der Waals surface area (Å²) in [5, 5.41) is 8.85. The van der Waals surface area contributed by atoms with Crippen molar-refractivity contribution in [3.63, 3.8) is 0 Å². The van der Waals surface area contributed by atoms with E-state index in [0.717, 1.165) is 49.1 Å². The number of nitrogens with one attached hydrogen (secondary N) is 2. The highest BCUT2D eigenvalue weighted by molar-refractivity contribution is 8.22. The van der Waals surface area contributed by atoms with Crippen molar-refractivity contribution in [1.29, 1.82) is 0 Å². The zero-order valence-corrected chi connectivity index (χ0v) is 27.1. The van der Waals surface area contributed by atoms with Crippen LogP contribution in [-0.2, 0) is 16.8 Å². The Morgan fingerprint density at radius 2 is 1.86 bits per heavy atom. The van der Waals surface area contributed by atoms with Gasteiger partial charge in [-0.15, -0.1) is 10.8 Å². The second kappa shape index (κ2) is 11.4. The molecule has 3 aliphatic heterocycles. The van der Waals surface area contributed by atoms with E-state index in [-0.39, 0.29) is 23.2 Å². The van der Waals surface area contributed by atoms with E-state index >= 15 is 0 Å². The number of nitrogens with zero attached hydrogens (tertiary/aromatic N) is 5. The van der Waals surface area contributed by atoms with Crippen molar-refractivity contribution < 1.29 is 18.6 Å². The summed E-state index contributed by atoms with van der Waals surface area (Å²) in [6, 6.07) is 7.54. The number of benzene rings is 1. The number of hydrogen-bond acceptors (Lipinski definition) is 9. The maximum Gasteiger partial charge on any atom is 0.410 e. The highest BCUT2D eigenvalue weighted by atomic mass is 32.3. The van der Waals surface area contributed by atoms with Crippen LogP contribution in [0.4, 0.5) is 16.3 Å². The number of amides is 1. The summed E-state index contributed by atoms with van der Waals surface area (Å²) in [4.78, 5) is 33.3. The van der Waals surface area contributed by atoms with Crippen LogP contribution in [0, 0.1) is 0 Å². The van der Waals surface area contributed by atoms with Crippen LogP contribution in [0.2, 0.25) is 0 Å². The smallest absolute Gasteiger partial charge is 0.410 e. The number of likely N-dealkylation sites (tertiary alicyclic amines) is 2. The number of anilines is 2. The summed E-state index contributed by atoms with van der Waals surface area (Å²) in [6.07, 6.45) is 5.25. The largest absolute Gasteiger partial charge is 0.444 e. The molecule has 4 N–H and O–H groups in total. The Hall–Kier alpha value is -3.10. The third-order valence-electron chi connectivity index (χ3n) is 9.42. The molecular weight excluding hydrogens is 582 g/mol. The normalized spacial score (nSPS) is 21.8. The number of pyridine rings is 1. The van der Waals surface area contributed by atoms with Crippen LogP contribution in [-0.4, -0.2) is 88.9 Å². The molecule has 13 heteroatoms. The van der Waals surface area contributed by atoms with E-state index < -0.39 is 16.4 Å². The van der Waals surface area contributed by atoms with Gasteiger partial charge in [0.2, 0.25) is 0 Å². The number of rotatable bonds is 5. The Morgan fingerprint density at radius 3 is 2.52 bits per heavy atom. The van der Waals surface area contributed by atoms with E-state index in [1.165, 1.54) is 0 Å². The Balaban J connectivity index is 1.27. The fourth-order valence-electron chi connectivity index (χ4n) is 6.86. The number of fused-ring (bicyclic) bond motifs is 2. The number of aromatic nitrogens is 3. The van der Waals surface area contributed by atoms with Crippen molar-refractivity contribution in [2.75, 3.05) is 38.5 Å². The van der Waals surface area contributed by atoms with E-state index in [2.05, 4.69) is 29.2 Å². The SMILES string of the molecule is CCC1(n2nc(Nc3ccc4c(c3)CN(C3CCN(C)CC3)S4(O)O)c3c(=O)[nH]ccc32)CCN(C(=O)OC(C)(C)C)CC1. The van der Waals surface area contributed by atoms with Gasteiger partial charge in [-0.05, 0) is 103 Å². The van der Waals surface area contributed by atoms with Crippen molar-refractivity contribution in [1.82, 2.24) is 28.9 Å². The van der Waals surface area contributed by atoms with Crippen LogP contribution < -0.4 is 10.9 Å². The first-order chi connectivity index (χ1) is 20.8. The van der Waals surface area contributed by atoms with Gasteiger partial charge in [-0.25, -0.2) is 4.79 Å². The van der Waals surface area contributed by atoms with Gasteiger partial charge >= 0.3 is 6.09 Å². The molecule has 2 saturated heterocycles. The predicted molar refractivity (Wildman–Crippen MR) is 173 cm³/mol. The molecule has 44 heavy (non-hydrogen) atoms. The Labute approximate surface area is 259 Å². The molecule has 0 bridgehead atoms. The number of carbonyl (C=O) groups excluding carboxylic acids is 1. The third kappa shape index (κ3) is 5.60. The first-order valence-electron chi connectivity index (χ1n) is 15.5. The molecule has 5 heterocycles. The zero-order valence-electron chi connectivity index (χ0n) is 26.3. The first kappa shape index (κ1) is 30.9. The van der Waals surface area contributed by atoms with Gasteiger partial charge in [0.15, 0.2) is 5.82 Å². The quantitative estimate of drug-likeness (QED) is 0.287. The summed E-state index contributed by atoms with van der Waals surface area (Å²) >= 11 is 0. The highest BCUT2D eigenvalue weighted by Gasteiger charge is 2.41. The number of aromatic amines is 1. The fourth-order valence-corrected chi connectivity index (χ4v) is 8.79. The molecule has 3 aliphatic rings. The minimum absolute atomic E-state index is 0.116. The van der Waals surface area contributed by atoms with Crippen LogP contribution in [0.25, 0.3) is 10.9 Å². The molecule has 0 saturated carbocycles. The van der Waals surface area contributed by atoms with Gasteiger partial charge in [-0.1, -0.05) is 6.92 Å². The van der Waals surface area contributed by atoms with Crippen molar-refractivity contribution in [2.24, 2.45) is 0 Å². The van der Waals surface area contributed by atoms with E-state index in [4.69, 9.17) is 9.84 Å². The maximum absolute atomic E-state index is 13.2. The summed E-state index contributed by atoms with van der Waals surface area (Å²) in [5.41, 5.74) is 1.14. The summed E-state index contributed by atoms with van der Waals surface area (Å²) in [6.45, 7) is 11.1. The Bertz CT molecular complexity index is 1600.